The number of hydrogen-bond acceptors (Lipinski definition) is 0. The SMILES string of the molecule is [Ag].[Au].[Cu].[Pd].[Pt].[Zn]. The molecular weight excluding hydrogens is 735 g/mol. The zero-order valence-corrected chi connectivity index (χ0v) is 13.6. The first-order chi connectivity index (χ1) is 0. The van der Waals surface area contributed by atoms with E-state index in [1.807, 2.05) is 0 Å². The minimum Gasteiger partial charge on any atom is 0 e. The molecule has 0 saturated heterocycles. The van der Waals surface area contributed by atoms with Crippen molar-refractivity contribution < 1.29 is 123 Å². The maximum absolute atomic E-state index is 0. The van der Waals surface area contributed by atoms with Crippen LogP contribution in [0.3, 0.4) is 0 Å². The number of hydrogen-bond donors (Lipinski definition) is 0. The summed E-state index contributed by atoms with van der Waals surface area (Å²) in [6.45, 7) is 0. The van der Waals surface area contributed by atoms with E-state index in [0.717, 1.165) is 0 Å². The molecule has 0 unspecified atom stereocenters. The van der Waals surface area contributed by atoms with Gasteiger partial charge in [0, 0.05) is 123 Å². The van der Waals surface area contributed by atoms with Crippen molar-refractivity contribution in [3.8, 4) is 0 Å². The third-order valence-electron chi connectivity index (χ3n) is 0. The van der Waals surface area contributed by atoms with E-state index in [9.17, 15) is 0 Å². The third kappa shape index (κ3) is 24.6. The van der Waals surface area contributed by atoms with E-state index in [0.29, 0.717) is 0 Å². The van der Waals surface area contributed by atoms with Gasteiger partial charge in [-0.15, -0.1) is 0 Å². The van der Waals surface area contributed by atoms with Crippen LogP contribution in [0.25, 0.3) is 0 Å². The Balaban J connectivity index is 0. The molecule has 55 valence electrons. The molecule has 0 saturated carbocycles. The van der Waals surface area contributed by atoms with E-state index in [1.54, 1.807) is 0 Å². The van der Waals surface area contributed by atoms with Crippen molar-refractivity contribution in [2.45, 2.75) is 0 Å². The fourth-order valence-electron chi connectivity index (χ4n) is 0. The Morgan fingerprint density at radius 1 is 1.00 bits per heavy atom. The summed E-state index contributed by atoms with van der Waals surface area (Å²) in [6.07, 6.45) is 0. The van der Waals surface area contributed by atoms with Gasteiger partial charge in [0.25, 0.3) is 0 Å². The van der Waals surface area contributed by atoms with Crippen LogP contribution in [-0.4, -0.2) is 0 Å². The Morgan fingerprint density at radius 2 is 1.00 bits per heavy atom. The van der Waals surface area contributed by atoms with Gasteiger partial charge in [-0.2, -0.15) is 0 Å². The minimum absolute atomic E-state index is 0. The molecular formula is AgAuCuPdPtZn. The van der Waals surface area contributed by atoms with Crippen LogP contribution < -0.4 is 0 Å². The van der Waals surface area contributed by atoms with E-state index in [4.69, 9.17) is 0 Å². The molecule has 0 atom stereocenters. The van der Waals surface area contributed by atoms with Crippen LogP contribution in [0, 0.1) is 0 Å². The zero-order chi connectivity index (χ0) is 0. The van der Waals surface area contributed by atoms with Gasteiger partial charge in [-0.05, 0) is 0 Å². The molecule has 0 amide bonds. The van der Waals surface area contributed by atoms with Gasteiger partial charge in [0.15, 0.2) is 0 Å². The molecule has 3 radical (unpaired) electrons. The molecule has 0 spiro atoms. The Bertz CT molecular complexity index is 15.5. The van der Waals surface area contributed by atoms with Gasteiger partial charge >= 0.3 is 0 Å². The van der Waals surface area contributed by atoms with E-state index >= 15 is 0 Å². The first-order valence-corrected chi connectivity index (χ1v) is 0. The van der Waals surface area contributed by atoms with Crippen LogP contribution in [0.15, 0.2) is 0 Å². The monoisotopic (exact) mass is 732 g/mol. The molecule has 0 fully saturated rings. The molecule has 0 aromatic heterocycles. The van der Waals surface area contributed by atoms with Crippen molar-refractivity contribution in [1.29, 1.82) is 0 Å². The van der Waals surface area contributed by atoms with Crippen LogP contribution in [-0.2, 0) is 123 Å². The van der Waals surface area contributed by atoms with Crippen LogP contribution >= 0.6 is 0 Å². The van der Waals surface area contributed by atoms with Crippen molar-refractivity contribution in [3.63, 3.8) is 0 Å². The van der Waals surface area contributed by atoms with Crippen molar-refractivity contribution >= 4 is 0 Å². The molecule has 6 heavy (non-hydrogen) atoms. The Labute approximate surface area is 120 Å². The second-order valence-corrected chi connectivity index (χ2v) is 0. The van der Waals surface area contributed by atoms with Crippen molar-refractivity contribution in [2.24, 2.45) is 0 Å². The smallest absolute Gasteiger partial charge is 0 e. The van der Waals surface area contributed by atoms with Gasteiger partial charge in [0.1, 0.15) is 0 Å². The first-order valence-electron chi connectivity index (χ1n) is 0. The minimum atomic E-state index is 0. The third-order valence-corrected chi connectivity index (χ3v) is 0. The van der Waals surface area contributed by atoms with Gasteiger partial charge in [-0.25, -0.2) is 0 Å². The predicted octanol–water partition coefficient (Wildman–Crippen LogP) is -0.0150. The summed E-state index contributed by atoms with van der Waals surface area (Å²) in [7, 11) is 0. The van der Waals surface area contributed by atoms with E-state index in [1.165, 1.54) is 0 Å². The molecule has 0 N–H and O–H groups in total. The van der Waals surface area contributed by atoms with Gasteiger partial charge in [0.2, 0.25) is 0 Å². The topological polar surface area (TPSA) is 0 Å². The van der Waals surface area contributed by atoms with Crippen LogP contribution in [0.5, 0.6) is 0 Å². The van der Waals surface area contributed by atoms with Crippen LogP contribution in [0.2, 0.25) is 0 Å². The number of rotatable bonds is 0. The Kier molecular flexibility index (Phi) is 306. The maximum atomic E-state index is 0. The average molecular weight is 735 g/mol. The molecule has 6 heteroatoms. The molecule has 0 nitrogen and oxygen atoms in total. The average Bonchev–Trinajstić information content (AvgIpc) is 0. The fourth-order valence-corrected chi connectivity index (χ4v) is 0. The molecule has 0 aromatic carbocycles. The summed E-state index contributed by atoms with van der Waals surface area (Å²) < 4.78 is 0. The quantitative estimate of drug-likeness (QED) is 0.308. The second-order valence-electron chi connectivity index (χ2n) is 0. The van der Waals surface area contributed by atoms with Crippen LogP contribution in [0.4, 0.5) is 0 Å². The molecule has 0 aromatic rings. The molecule has 0 bridgehead atoms. The summed E-state index contributed by atoms with van der Waals surface area (Å²) in [5, 5.41) is 0. The molecule has 0 aliphatic carbocycles. The van der Waals surface area contributed by atoms with E-state index in [2.05, 4.69) is 0 Å². The summed E-state index contributed by atoms with van der Waals surface area (Å²) in [6, 6.07) is 0. The molecule has 0 heterocycles. The predicted molar refractivity (Wildman–Crippen MR) is 0 cm³/mol. The first kappa shape index (κ1) is 50.9. The van der Waals surface area contributed by atoms with Crippen molar-refractivity contribution in [3.05, 3.63) is 0 Å². The second kappa shape index (κ2) is 36.1. The van der Waals surface area contributed by atoms with Crippen LogP contribution in [0.1, 0.15) is 0 Å². The standard InChI is InChI=1S/Ag.Au.Cu.Pd.Pt.Zn. The fraction of sp³-hybridized carbons (Fsp3) is 0. The molecule has 0 aliphatic heterocycles. The van der Waals surface area contributed by atoms with Gasteiger partial charge < -0.3 is 0 Å². The largest absolute Gasteiger partial charge is 0 e. The zero-order valence-electron chi connectivity index (χ0n) is 2.24. The van der Waals surface area contributed by atoms with Crippen molar-refractivity contribution in [2.75, 3.05) is 0 Å². The maximum Gasteiger partial charge on any atom is 0 e. The Hall–Kier alpha value is 3.97. The summed E-state index contributed by atoms with van der Waals surface area (Å²) in [4.78, 5) is 0. The molecule has 0 aliphatic rings. The van der Waals surface area contributed by atoms with Gasteiger partial charge in [-0.1, -0.05) is 0 Å². The molecule has 0 rings (SSSR count). The summed E-state index contributed by atoms with van der Waals surface area (Å²) >= 11 is 0. The summed E-state index contributed by atoms with van der Waals surface area (Å²) in [5.74, 6) is 0. The van der Waals surface area contributed by atoms with E-state index < -0.39 is 0 Å². The van der Waals surface area contributed by atoms with Crippen molar-refractivity contribution in [1.82, 2.24) is 0 Å². The van der Waals surface area contributed by atoms with Gasteiger partial charge in [-0.3, -0.25) is 0 Å². The van der Waals surface area contributed by atoms with Gasteiger partial charge in [0.05, 0.1) is 0 Å². The normalized spacial score (nSPS) is 0. The van der Waals surface area contributed by atoms with E-state index in [-0.39, 0.29) is 123 Å². The summed E-state index contributed by atoms with van der Waals surface area (Å²) in [5.41, 5.74) is 0. The Morgan fingerprint density at radius 3 is 1.00 bits per heavy atom.